The highest BCUT2D eigenvalue weighted by atomic mass is 15.0. The third kappa shape index (κ3) is 3.76. The molecule has 0 aromatic rings. The topological polar surface area (TPSA) is 24.1 Å². The lowest BCUT2D eigenvalue weighted by atomic mass is 9.87. The van der Waals surface area contributed by atoms with Crippen LogP contribution in [0.2, 0.25) is 0 Å². The second-order valence-electron chi connectivity index (χ2n) is 5.50. The fourth-order valence-corrected chi connectivity index (χ4v) is 2.95. The maximum absolute atomic E-state index is 3.88. The molecule has 15 heavy (non-hydrogen) atoms. The van der Waals surface area contributed by atoms with Gasteiger partial charge in [0.05, 0.1) is 0 Å². The molecule has 0 spiro atoms. The van der Waals surface area contributed by atoms with Crippen LogP contribution in [0.25, 0.3) is 0 Å². The Hall–Kier alpha value is -0.0800. The zero-order chi connectivity index (χ0) is 10.5. The lowest BCUT2D eigenvalue weighted by Crippen LogP contribution is -2.40. The van der Waals surface area contributed by atoms with Crippen molar-refractivity contribution in [2.45, 2.75) is 64.0 Å². The van der Waals surface area contributed by atoms with Crippen molar-refractivity contribution >= 4 is 0 Å². The summed E-state index contributed by atoms with van der Waals surface area (Å²) < 4.78 is 0. The van der Waals surface area contributed by atoms with E-state index in [2.05, 4.69) is 17.6 Å². The van der Waals surface area contributed by atoms with Crippen molar-refractivity contribution < 1.29 is 0 Å². The van der Waals surface area contributed by atoms with Crippen molar-refractivity contribution in [2.75, 3.05) is 13.1 Å². The van der Waals surface area contributed by atoms with Crippen LogP contribution in [0.3, 0.4) is 0 Å². The molecule has 2 nitrogen and oxygen atoms in total. The Balaban J connectivity index is 1.70. The molecule has 1 aliphatic heterocycles. The van der Waals surface area contributed by atoms with Gasteiger partial charge in [0.1, 0.15) is 0 Å². The van der Waals surface area contributed by atoms with Gasteiger partial charge in [-0.05, 0) is 64.0 Å². The van der Waals surface area contributed by atoms with Gasteiger partial charge in [-0.2, -0.15) is 0 Å². The van der Waals surface area contributed by atoms with E-state index in [0.717, 1.165) is 18.0 Å². The van der Waals surface area contributed by atoms with Gasteiger partial charge in [0, 0.05) is 12.1 Å². The number of nitrogens with one attached hydrogen (secondary N) is 2. The van der Waals surface area contributed by atoms with E-state index in [0.29, 0.717) is 0 Å². The average Bonchev–Trinajstić information content (AvgIpc) is 2.50. The van der Waals surface area contributed by atoms with Crippen LogP contribution in [0.15, 0.2) is 0 Å². The highest BCUT2D eigenvalue weighted by Crippen LogP contribution is 2.24. The van der Waals surface area contributed by atoms with E-state index < -0.39 is 0 Å². The Morgan fingerprint density at radius 1 is 0.867 bits per heavy atom. The summed E-state index contributed by atoms with van der Waals surface area (Å²) >= 11 is 0. The second-order valence-corrected chi connectivity index (χ2v) is 5.50. The zero-order valence-electron chi connectivity index (χ0n) is 10.1. The van der Waals surface area contributed by atoms with Gasteiger partial charge in [0.2, 0.25) is 0 Å². The Bertz CT molecular complexity index is 165. The summed E-state index contributed by atoms with van der Waals surface area (Å²) in [5.74, 6) is 0.971. The van der Waals surface area contributed by atoms with Gasteiger partial charge in [0.15, 0.2) is 0 Å². The first-order valence-electron chi connectivity index (χ1n) is 6.81. The Morgan fingerprint density at radius 3 is 2.40 bits per heavy atom. The van der Waals surface area contributed by atoms with Crippen LogP contribution >= 0.6 is 0 Å². The van der Waals surface area contributed by atoms with Crippen LogP contribution in [0, 0.1) is 5.92 Å². The summed E-state index contributed by atoms with van der Waals surface area (Å²) in [7, 11) is 0. The molecule has 1 unspecified atom stereocenters. The molecule has 1 saturated heterocycles. The molecule has 2 rings (SSSR count). The largest absolute Gasteiger partial charge is 0.317 e. The number of hydrogen-bond donors (Lipinski definition) is 2. The summed E-state index contributed by atoms with van der Waals surface area (Å²) in [6.45, 7) is 4.83. The first-order chi connectivity index (χ1) is 7.34. The minimum absolute atomic E-state index is 0.790. The third-order valence-corrected chi connectivity index (χ3v) is 4.06. The van der Waals surface area contributed by atoms with E-state index in [9.17, 15) is 0 Å². The third-order valence-electron chi connectivity index (χ3n) is 4.06. The monoisotopic (exact) mass is 210 g/mol. The number of rotatable bonds is 2. The Morgan fingerprint density at radius 2 is 1.60 bits per heavy atom. The SMILES string of the molecule is CC1CCC(NC2CCCNCC2)CC1. The first kappa shape index (κ1) is 11.4. The number of hydrogen-bond acceptors (Lipinski definition) is 2. The van der Waals surface area contributed by atoms with E-state index in [1.54, 1.807) is 0 Å². The summed E-state index contributed by atoms with van der Waals surface area (Å²) in [6.07, 6.45) is 9.73. The molecule has 0 aromatic carbocycles. The molecule has 2 fully saturated rings. The molecule has 2 heteroatoms. The molecule has 2 aliphatic rings. The molecule has 0 amide bonds. The molecular weight excluding hydrogens is 184 g/mol. The van der Waals surface area contributed by atoms with E-state index in [-0.39, 0.29) is 0 Å². The highest BCUT2D eigenvalue weighted by Gasteiger charge is 2.21. The molecule has 1 atom stereocenters. The van der Waals surface area contributed by atoms with Gasteiger partial charge in [-0.15, -0.1) is 0 Å². The van der Waals surface area contributed by atoms with E-state index in [4.69, 9.17) is 0 Å². The summed E-state index contributed by atoms with van der Waals surface area (Å²) in [5.41, 5.74) is 0. The standard InChI is InChI=1S/C13H26N2/c1-11-4-6-13(7-5-11)15-12-3-2-9-14-10-8-12/h11-15H,2-10H2,1H3. The Kier molecular flexibility index (Phi) is 4.45. The van der Waals surface area contributed by atoms with Gasteiger partial charge in [-0.1, -0.05) is 6.92 Å². The molecule has 1 heterocycles. The van der Waals surface area contributed by atoms with Crippen molar-refractivity contribution in [3.63, 3.8) is 0 Å². The summed E-state index contributed by atoms with van der Waals surface area (Å²) in [4.78, 5) is 0. The molecule has 88 valence electrons. The van der Waals surface area contributed by atoms with Gasteiger partial charge < -0.3 is 10.6 Å². The average molecular weight is 210 g/mol. The van der Waals surface area contributed by atoms with Crippen LogP contribution in [0.5, 0.6) is 0 Å². The maximum Gasteiger partial charge on any atom is 0.00822 e. The molecule has 1 aliphatic carbocycles. The minimum atomic E-state index is 0.790. The van der Waals surface area contributed by atoms with Crippen LogP contribution in [-0.4, -0.2) is 25.2 Å². The van der Waals surface area contributed by atoms with Crippen LogP contribution < -0.4 is 10.6 Å². The molecule has 1 saturated carbocycles. The zero-order valence-corrected chi connectivity index (χ0v) is 10.1. The predicted octanol–water partition coefficient (Wildman–Crippen LogP) is 2.30. The predicted molar refractivity (Wildman–Crippen MR) is 65.1 cm³/mol. The minimum Gasteiger partial charge on any atom is -0.317 e. The van der Waals surface area contributed by atoms with Crippen molar-refractivity contribution in [1.82, 2.24) is 10.6 Å². The van der Waals surface area contributed by atoms with Crippen LogP contribution in [0.4, 0.5) is 0 Å². The van der Waals surface area contributed by atoms with Crippen LogP contribution in [-0.2, 0) is 0 Å². The highest BCUT2D eigenvalue weighted by molar-refractivity contribution is 4.81. The molecule has 2 N–H and O–H groups in total. The van der Waals surface area contributed by atoms with Gasteiger partial charge in [-0.25, -0.2) is 0 Å². The van der Waals surface area contributed by atoms with Crippen LogP contribution in [0.1, 0.15) is 51.9 Å². The maximum atomic E-state index is 3.88. The van der Waals surface area contributed by atoms with Crippen molar-refractivity contribution in [2.24, 2.45) is 5.92 Å². The molecule has 0 bridgehead atoms. The smallest absolute Gasteiger partial charge is 0.00822 e. The van der Waals surface area contributed by atoms with Gasteiger partial charge in [-0.3, -0.25) is 0 Å². The summed E-state index contributed by atoms with van der Waals surface area (Å²) in [5, 5.41) is 7.36. The van der Waals surface area contributed by atoms with Crippen molar-refractivity contribution in [1.29, 1.82) is 0 Å². The fourth-order valence-electron chi connectivity index (χ4n) is 2.95. The summed E-state index contributed by atoms with van der Waals surface area (Å²) in [6, 6.07) is 1.61. The van der Waals surface area contributed by atoms with E-state index in [1.807, 2.05) is 0 Å². The van der Waals surface area contributed by atoms with Gasteiger partial charge >= 0.3 is 0 Å². The van der Waals surface area contributed by atoms with E-state index >= 15 is 0 Å². The Labute approximate surface area is 94.2 Å². The van der Waals surface area contributed by atoms with Gasteiger partial charge in [0.25, 0.3) is 0 Å². The van der Waals surface area contributed by atoms with E-state index in [1.165, 1.54) is 58.0 Å². The van der Waals surface area contributed by atoms with Crippen molar-refractivity contribution in [3.8, 4) is 0 Å². The first-order valence-corrected chi connectivity index (χ1v) is 6.81. The lowest BCUT2D eigenvalue weighted by molar-refractivity contribution is 0.278. The molecular formula is C13H26N2. The second kappa shape index (κ2) is 5.86. The molecule has 0 radical (unpaired) electrons. The quantitative estimate of drug-likeness (QED) is 0.731. The fraction of sp³-hybridized carbons (Fsp3) is 1.00. The normalized spacial score (nSPS) is 38.6. The van der Waals surface area contributed by atoms with Crippen molar-refractivity contribution in [3.05, 3.63) is 0 Å². The molecule has 0 aromatic heterocycles. The lowest BCUT2D eigenvalue weighted by Gasteiger charge is -2.30.